The molecule has 186 valence electrons. The zero-order chi connectivity index (χ0) is 25.9. The molecule has 9 nitrogen and oxygen atoms in total. The number of carbonyl (C=O) groups excluding carboxylic acids is 1. The molecule has 0 radical (unpaired) electrons. The van der Waals surface area contributed by atoms with Crippen LogP contribution >= 0.6 is 0 Å². The van der Waals surface area contributed by atoms with Gasteiger partial charge in [0.15, 0.2) is 33.0 Å². The Hall–Kier alpha value is -3.19. The van der Waals surface area contributed by atoms with Crippen molar-refractivity contribution in [2.75, 3.05) is 6.26 Å². The summed E-state index contributed by atoms with van der Waals surface area (Å²) in [6, 6.07) is 1.94. The highest BCUT2D eigenvalue weighted by atomic mass is 32.2. The van der Waals surface area contributed by atoms with Gasteiger partial charge in [-0.3, -0.25) is 9.79 Å². The summed E-state index contributed by atoms with van der Waals surface area (Å²) in [5.74, 6) is -0.770. The highest BCUT2D eigenvalue weighted by Gasteiger charge is 2.38. The number of halogens is 3. The first kappa shape index (κ1) is 24.9. The molecule has 0 unspecified atom stereocenters. The number of rotatable bonds is 5. The third-order valence-corrected chi connectivity index (χ3v) is 6.86. The van der Waals surface area contributed by atoms with Crippen LogP contribution in [-0.4, -0.2) is 50.8 Å². The third-order valence-electron chi connectivity index (χ3n) is 5.68. The number of aliphatic imine (C=N–C) groups is 1. The zero-order valence-electron chi connectivity index (χ0n) is 19.3. The summed E-state index contributed by atoms with van der Waals surface area (Å²) in [5.41, 5.74) is -0.455. The predicted molar refractivity (Wildman–Crippen MR) is 120 cm³/mol. The van der Waals surface area contributed by atoms with Crippen LogP contribution in [0.25, 0.3) is 11.0 Å². The molecule has 13 heteroatoms. The Labute approximate surface area is 198 Å². The fraction of sp³-hybridized carbons (Fsp3) is 0.409. The molecule has 2 aromatic heterocycles. The van der Waals surface area contributed by atoms with Gasteiger partial charge in [-0.2, -0.15) is 13.2 Å². The van der Waals surface area contributed by atoms with Crippen LogP contribution in [0.1, 0.15) is 60.1 Å². The van der Waals surface area contributed by atoms with E-state index >= 15 is 0 Å². The van der Waals surface area contributed by atoms with Crippen LogP contribution in [0.5, 0.6) is 0 Å². The summed E-state index contributed by atoms with van der Waals surface area (Å²) in [7, 11) is -3.68. The largest absolute Gasteiger partial charge is 0.434 e. The van der Waals surface area contributed by atoms with Gasteiger partial charge in [-0.05, 0) is 30.5 Å². The normalized spacial score (nSPS) is 16.5. The van der Waals surface area contributed by atoms with E-state index in [1.54, 1.807) is 4.57 Å². The summed E-state index contributed by atoms with van der Waals surface area (Å²) < 4.78 is 67.1. The molecule has 3 aromatic rings. The number of hydrogen-bond donors (Lipinski definition) is 1. The van der Waals surface area contributed by atoms with Crippen LogP contribution in [0.2, 0.25) is 0 Å². The minimum absolute atomic E-state index is 0.000439. The number of hydrogen-bond acceptors (Lipinski definition) is 8. The Morgan fingerprint density at radius 1 is 1.26 bits per heavy atom. The van der Waals surface area contributed by atoms with Gasteiger partial charge in [-0.25, -0.2) is 23.4 Å². The number of sulfone groups is 1. The minimum Gasteiger partial charge on any atom is -0.392 e. The molecule has 0 bridgehead atoms. The van der Waals surface area contributed by atoms with Crippen LogP contribution in [0.15, 0.2) is 28.2 Å². The number of nitrogens with zero attached hydrogens (tertiary/aromatic N) is 5. The van der Waals surface area contributed by atoms with E-state index in [9.17, 15) is 31.5 Å². The van der Waals surface area contributed by atoms with Crippen molar-refractivity contribution >= 4 is 32.4 Å². The van der Waals surface area contributed by atoms with Crippen molar-refractivity contribution in [2.24, 2.45) is 10.9 Å². The third kappa shape index (κ3) is 4.45. The molecule has 1 atom stereocenters. The van der Waals surface area contributed by atoms with E-state index in [2.05, 4.69) is 19.9 Å². The number of Topliss-reactive ketones (excluding diaryl/α,β-unsaturated/α-hetero) is 1. The lowest BCUT2D eigenvalue weighted by molar-refractivity contribution is -0.141. The molecule has 0 saturated carbocycles. The molecular formula is C22H22F3N5O4S. The van der Waals surface area contributed by atoms with Gasteiger partial charge < -0.3 is 9.67 Å². The van der Waals surface area contributed by atoms with E-state index in [0.717, 1.165) is 19.4 Å². The topological polar surface area (TPSA) is 127 Å². The number of imidazole rings is 1. The maximum atomic E-state index is 13.6. The summed E-state index contributed by atoms with van der Waals surface area (Å²) in [5, 5.41) is 9.67. The van der Waals surface area contributed by atoms with E-state index in [1.165, 1.54) is 12.1 Å². The Kier molecular flexibility index (Phi) is 6.04. The molecule has 4 rings (SSSR count). The Bertz CT molecular complexity index is 1490. The highest BCUT2D eigenvalue weighted by Crippen LogP contribution is 2.35. The van der Waals surface area contributed by atoms with Crippen molar-refractivity contribution in [2.45, 2.75) is 51.0 Å². The molecule has 1 aliphatic rings. The van der Waals surface area contributed by atoms with Crippen molar-refractivity contribution in [3.05, 3.63) is 46.8 Å². The number of aliphatic hydroxyl groups excluding tert-OH is 1. The van der Waals surface area contributed by atoms with Gasteiger partial charge in [0.25, 0.3) is 0 Å². The van der Waals surface area contributed by atoms with Gasteiger partial charge in [-0.1, -0.05) is 13.8 Å². The second-order valence-electron chi connectivity index (χ2n) is 8.65. The van der Waals surface area contributed by atoms with Gasteiger partial charge in [0, 0.05) is 12.5 Å². The second kappa shape index (κ2) is 8.48. The number of alkyl halides is 3. The minimum atomic E-state index is -4.87. The Morgan fingerprint density at radius 3 is 2.49 bits per heavy atom. The maximum absolute atomic E-state index is 13.6. The monoisotopic (exact) mass is 509 g/mol. The number of carbonyl (C=O) groups is 1. The van der Waals surface area contributed by atoms with Crippen molar-refractivity contribution in [1.29, 1.82) is 0 Å². The smallest absolute Gasteiger partial charge is 0.392 e. The number of ketones is 1. The van der Waals surface area contributed by atoms with Gasteiger partial charge in [-0.15, -0.1) is 0 Å². The second-order valence-corrected chi connectivity index (χ2v) is 10.6. The van der Waals surface area contributed by atoms with Gasteiger partial charge in [0.05, 0.1) is 40.4 Å². The first-order valence-electron chi connectivity index (χ1n) is 10.6. The van der Waals surface area contributed by atoms with Gasteiger partial charge in [0.1, 0.15) is 6.04 Å². The highest BCUT2D eigenvalue weighted by molar-refractivity contribution is 7.90. The zero-order valence-corrected chi connectivity index (χ0v) is 20.1. The van der Waals surface area contributed by atoms with Crippen LogP contribution < -0.4 is 0 Å². The molecule has 0 spiro atoms. The standard InChI is InChI=1S/C22H22F3N5O4S/c1-10(2)18-21-28-14-5-12(9-31)17(35(4,33)34)6-16(14)30(21)8-15(27-18)20-26-7-13(11(3)32)19(29-20)22(23,24)25/h5-7,10,15,31H,8-9H2,1-4H3/t15-/m0/s1. The van der Waals surface area contributed by atoms with Crippen molar-refractivity contribution in [3.8, 4) is 0 Å². The van der Waals surface area contributed by atoms with E-state index in [-0.39, 0.29) is 28.7 Å². The summed E-state index contributed by atoms with van der Waals surface area (Å²) in [6.07, 6.45) is -2.99. The Balaban J connectivity index is 1.92. The average molecular weight is 510 g/mol. The van der Waals surface area contributed by atoms with Crippen LogP contribution in [-0.2, 0) is 29.2 Å². The lowest BCUT2D eigenvalue weighted by Gasteiger charge is -2.24. The molecule has 35 heavy (non-hydrogen) atoms. The SMILES string of the molecule is CC(=O)c1cnc([C@@H]2Cn3c(nc4cc(CO)c(S(C)(=O)=O)cc43)C(C(C)C)=N2)nc1C(F)(F)F. The van der Waals surface area contributed by atoms with Crippen molar-refractivity contribution in [1.82, 2.24) is 19.5 Å². The molecule has 3 heterocycles. The number of benzene rings is 1. The summed E-state index contributed by atoms with van der Waals surface area (Å²) in [4.78, 5) is 28.5. The molecule has 0 fully saturated rings. The fourth-order valence-corrected chi connectivity index (χ4v) is 4.99. The van der Waals surface area contributed by atoms with E-state index in [4.69, 9.17) is 0 Å². The number of aliphatic hydroxyl groups is 1. The Morgan fingerprint density at radius 2 is 1.94 bits per heavy atom. The molecular weight excluding hydrogens is 487 g/mol. The lowest BCUT2D eigenvalue weighted by Crippen LogP contribution is -2.27. The summed E-state index contributed by atoms with van der Waals surface area (Å²) >= 11 is 0. The lowest BCUT2D eigenvalue weighted by atomic mass is 10.0. The fourth-order valence-electron chi connectivity index (χ4n) is 4.06. The number of fused-ring (bicyclic) bond motifs is 3. The van der Waals surface area contributed by atoms with Gasteiger partial charge >= 0.3 is 6.18 Å². The summed E-state index contributed by atoms with van der Waals surface area (Å²) in [6.45, 7) is 4.18. The van der Waals surface area contributed by atoms with E-state index in [1.807, 2.05) is 13.8 Å². The molecule has 0 saturated heterocycles. The predicted octanol–water partition coefficient (Wildman–Crippen LogP) is 3.14. The quantitative estimate of drug-likeness (QED) is 0.524. The van der Waals surface area contributed by atoms with E-state index < -0.39 is 45.7 Å². The van der Waals surface area contributed by atoms with Crippen molar-refractivity contribution < 1.29 is 31.5 Å². The van der Waals surface area contributed by atoms with Crippen LogP contribution in [0.3, 0.4) is 0 Å². The molecule has 1 aromatic carbocycles. The average Bonchev–Trinajstić information content (AvgIpc) is 3.13. The number of aromatic nitrogens is 4. The van der Waals surface area contributed by atoms with Crippen LogP contribution in [0.4, 0.5) is 13.2 Å². The maximum Gasteiger partial charge on any atom is 0.434 e. The molecule has 1 aliphatic heterocycles. The molecule has 0 aliphatic carbocycles. The van der Waals surface area contributed by atoms with Crippen molar-refractivity contribution in [3.63, 3.8) is 0 Å². The molecule has 0 amide bonds. The molecule has 1 N–H and O–H groups in total. The first-order valence-corrected chi connectivity index (χ1v) is 12.5. The van der Waals surface area contributed by atoms with Crippen LogP contribution in [0, 0.1) is 5.92 Å². The van der Waals surface area contributed by atoms with Gasteiger partial charge in [0.2, 0.25) is 0 Å². The first-order chi connectivity index (χ1) is 16.2. The van der Waals surface area contributed by atoms with E-state index in [0.29, 0.717) is 22.6 Å².